The zero-order valence-corrected chi connectivity index (χ0v) is 25.5. The molecule has 1 saturated carbocycles. The van der Waals surface area contributed by atoms with Gasteiger partial charge in [-0.3, -0.25) is 14.5 Å². The molecule has 2 N–H and O–H groups in total. The summed E-state index contributed by atoms with van der Waals surface area (Å²) in [6.07, 6.45) is 2.16. The molecule has 0 unspecified atom stereocenters. The molecule has 0 spiro atoms. The normalized spacial score (nSPS) is 19.9. The Morgan fingerprint density at radius 1 is 1.12 bits per heavy atom. The van der Waals surface area contributed by atoms with Crippen molar-refractivity contribution in [2.24, 2.45) is 5.92 Å². The molecule has 12 nitrogen and oxygen atoms in total. The van der Waals surface area contributed by atoms with E-state index in [2.05, 4.69) is 15.0 Å². The maximum absolute atomic E-state index is 13.7. The van der Waals surface area contributed by atoms with Crippen molar-refractivity contribution in [3.8, 4) is 10.4 Å². The summed E-state index contributed by atoms with van der Waals surface area (Å²) in [5.41, 5.74) is 2.35. The summed E-state index contributed by atoms with van der Waals surface area (Å²) in [5, 5.41) is 3.81. The maximum atomic E-state index is 13.7. The Morgan fingerprint density at radius 3 is 2.65 bits per heavy atom. The molecule has 1 aliphatic carbocycles. The van der Waals surface area contributed by atoms with Gasteiger partial charge in [0, 0.05) is 12.6 Å². The number of rotatable bonds is 9. The van der Waals surface area contributed by atoms with Crippen LogP contribution < -0.4 is 14.9 Å². The van der Waals surface area contributed by atoms with Crippen LogP contribution in [0.1, 0.15) is 41.4 Å². The molecule has 14 heteroatoms. The minimum absolute atomic E-state index is 0.00532. The third kappa shape index (κ3) is 5.42. The Hall–Kier alpha value is -3.43. The van der Waals surface area contributed by atoms with E-state index in [4.69, 9.17) is 14.5 Å². The van der Waals surface area contributed by atoms with Crippen LogP contribution in [-0.2, 0) is 30.8 Å². The van der Waals surface area contributed by atoms with E-state index in [1.165, 1.54) is 11.3 Å². The fourth-order valence-corrected chi connectivity index (χ4v) is 8.19. The molecular weight excluding hydrogens is 592 g/mol. The summed E-state index contributed by atoms with van der Waals surface area (Å²) < 4.78 is 40.4. The molecule has 226 valence electrons. The van der Waals surface area contributed by atoms with Crippen molar-refractivity contribution < 1.29 is 27.5 Å². The number of sulfonamides is 1. The van der Waals surface area contributed by atoms with E-state index in [9.17, 15) is 18.0 Å². The molecule has 7 rings (SSSR count). The van der Waals surface area contributed by atoms with Gasteiger partial charge in [0.1, 0.15) is 18.2 Å². The molecule has 2 amide bonds. The number of nitrogens with one attached hydrogen (secondary N) is 2. The number of carbonyl (C=O) groups excluding carboxylic acids is 2. The number of fused-ring (bicyclic) bond motifs is 1. The van der Waals surface area contributed by atoms with Crippen molar-refractivity contribution in [3.63, 3.8) is 0 Å². The van der Waals surface area contributed by atoms with Crippen molar-refractivity contribution in [1.29, 1.82) is 0 Å². The van der Waals surface area contributed by atoms with Gasteiger partial charge in [-0.05, 0) is 68.0 Å². The number of ether oxygens (including phenoxy) is 2. The van der Waals surface area contributed by atoms with Gasteiger partial charge in [0.05, 0.1) is 53.4 Å². The van der Waals surface area contributed by atoms with Crippen LogP contribution in [0.4, 0.5) is 16.8 Å². The molecular formula is C29H32N6O6S2. The second-order valence-corrected chi connectivity index (χ2v) is 14.1. The minimum Gasteiger partial charge on any atom is -0.378 e. The highest BCUT2D eigenvalue weighted by Crippen LogP contribution is 2.42. The Balaban J connectivity index is 1.22. The van der Waals surface area contributed by atoms with Gasteiger partial charge in [-0.1, -0.05) is 17.4 Å². The molecule has 3 aromatic rings. The number of hydrogen-bond acceptors (Lipinski definition) is 10. The Kier molecular flexibility index (Phi) is 7.21. The third-order valence-corrected chi connectivity index (χ3v) is 11.0. The van der Waals surface area contributed by atoms with Gasteiger partial charge in [-0.15, -0.1) is 0 Å². The molecule has 1 aromatic carbocycles. The number of aryl methyl sites for hydroxylation is 1. The number of nitrogens with zero attached hydrogens (tertiary/aromatic N) is 4. The zero-order chi connectivity index (χ0) is 29.9. The third-order valence-electron chi connectivity index (χ3n) is 8.34. The molecule has 3 aliphatic heterocycles. The highest BCUT2D eigenvalue weighted by atomic mass is 32.2. The van der Waals surface area contributed by atoms with Gasteiger partial charge >= 0.3 is 0 Å². The number of thiazole rings is 1. The minimum atomic E-state index is -4.00. The number of carbonyl (C=O) groups is 2. The van der Waals surface area contributed by atoms with E-state index >= 15 is 0 Å². The number of aromatic nitrogens is 2. The fraction of sp³-hybridized carbons (Fsp3) is 0.448. The van der Waals surface area contributed by atoms with Crippen LogP contribution in [0.5, 0.6) is 0 Å². The van der Waals surface area contributed by atoms with Crippen LogP contribution >= 0.6 is 11.3 Å². The molecule has 43 heavy (non-hydrogen) atoms. The maximum Gasteiger partial charge on any atom is 0.256 e. The lowest BCUT2D eigenvalue weighted by Gasteiger charge is -2.27. The first-order chi connectivity index (χ1) is 20.7. The number of amides is 2. The summed E-state index contributed by atoms with van der Waals surface area (Å²) in [4.78, 5) is 39.4. The Bertz CT molecular complexity index is 1720. The first-order valence-electron chi connectivity index (χ1n) is 14.4. The monoisotopic (exact) mass is 624 g/mol. The summed E-state index contributed by atoms with van der Waals surface area (Å²) in [5.74, 6) is 1.12. The lowest BCUT2D eigenvalue weighted by atomic mass is 10.0. The largest absolute Gasteiger partial charge is 0.378 e. The van der Waals surface area contributed by atoms with Crippen LogP contribution in [0.2, 0.25) is 0 Å². The van der Waals surface area contributed by atoms with Gasteiger partial charge in [0.15, 0.2) is 5.13 Å². The molecule has 2 saturated heterocycles. The van der Waals surface area contributed by atoms with E-state index < -0.39 is 10.0 Å². The number of anilines is 3. The second kappa shape index (κ2) is 10.9. The quantitative estimate of drug-likeness (QED) is 0.367. The predicted octanol–water partition coefficient (Wildman–Crippen LogP) is 3.05. The number of pyridine rings is 1. The first-order valence-corrected chi connectivity index (χ1v) is 16.7. The van der Waals surface area contributed by atoms with Crippen molar-refractivity contribution >= 4 is 49.9 Å². The lowest BCUT2D eigenvalue weighted by Crippen LogP contribution is -2.48. The van der Waals surface area contributed by atoms with Crippen LogP contribution in [0.25, 0.3) is 10.4 Å². The molecule has 0 bridgehead atoms. The van der Waals surface area contributed by atoms with Crippen molar-refractivity contribution in [2.75, 3.05) is 43.2 Å². The molecule has 3 fully saturated rings. The summed E-state index contributed by atoms with van der Waals surface area (Å²) in [7, 11) is -4.00. The Labute approximate surface area is 253 Å². The number of benzene rings is 1. The zero-order valence-electron chi connectivity index (χ0n) is 23.8. The second-order valence-electron chi connectivity index (χ2n) is 11.4. The first kappa shape index (κ1) is 28.3. The highest BCUT2D eigenvalue weighted by molar-refractivity contribution is 7.89. The molecule has 5 heterocycles. The van der Waals surface area contributed by atoms with Crippen LogP contribution in [0, 0.1) is 12.8 Å². The number of morpholine rings is 1. The highest BCUT2D eigenvalue weighted by Gasteiger charge is 2.42. The molecule has 4 aliphatic rings. The van der Waals surface area contributed by atoms with E-state index in [1.807, 2.05) is 30.9 Å². The lowest BCUT2D eigenvalue weighted by molar-refractivity contribution is -0.125. The summed E-state index contributed by atoms with van der Waals surface area (Å²) in [6, 6.07) is 8.63. The van der Waals surface area contributed by atoms with Gasteiger partial charge in [-0.2, -0.15) is 0 Å². The smallest absolute Gasteiger partial charge is 0.256 e. The predicted molar refractivity (Wildman–Crippen MR) is 160 cm³/mol. The van der Waals surface area contributed by atoms with Gasteiger partial charge in [0.25, 0.3) is 11.8 Å². The molecule has 1 atom stereocenters. The Morgan fingerprint density at radius 2 is 1.93 bits per heavy atom. The van der Waals surface area contributed by atoms with Gasteiger partial charge in [-0.25, -0.2) is 23.1 Å². The van der Waals surface area contributed by atoms with Crippen molar-refractivity contribution in [2.45, 2.75) is 50.2 Å². The van der Waals surface area contributed by atoms with Crippen LogP contribution in [0.3, 0.4) is 0 Å². The average molecular weight is 625 g/mol. The number of hydrogen-bond donors (Lipinski definition) is 2. The molecule has 2 aromatic heterocycles. The van der Waals surface area contributed by atoms with Gasteiger partial charge in [0.2, 0.25) is 10.0 Å². The SMILES string of the molecule is Cc1nc(Nc2cccc(N3CCOCC3=O)n2)sc1-c1cc2c(c(S(=O)(=O)NC3COC3)c1)C(=O)N([C@@H](C)C1CC1)C2. The topological polar surface area (TPSA) is 143 Å². The van der Waals surface area contributed by atoms with Crippen molar-refractivity contribution in [3.05, 3.63) is 47.2 Å². The summed E-state index contributed by atoms with van der Waals surface area (Å²) >= 11 is 1.37. The van der Waals surface area contributed by atoms with Gasteiger partial charge < -0.3 is 19.7 Å². The average Bonchev–Trinajstić information content (AvgIpc) is 3.68. The fourth-order valence-electron chi connectivity index (χ4n) is 5.76. The summed E-state index contributed by atoms with van der Waals surface area (Å²) in [6.45, 7) is 5.80. The van der Waals surface area contributed by atoms with Crippen LogP contribution in [-0.4, -0.2) is 80.2 Å². The van der Waals surface area contributed by atoms with E-state index in [0.717, 1.165) is 17.7 Å². The van der Waals surface area contributed by atoms with E-state index in [0.29, 0.717) is 72.4 Å². The van der Waals surface area contributed by atoms with E-state index in [-0.39, 0.29) is 41.0 Å². The van der Waals surface area contributed by atoms with Crippen LogP contribution in [0.15, 0.2) is 35.2 Å². The molecule has 0 radical (unpaired) electrons. The van der Waals surface area contributed by atoms with Crippen molar-refractivity contribution in [1.82, 2.24) is 19.6 Å². The standard InChI is InChI=1S/C29H32N6O6S2/c1-16-27(42-29(30-16)32-23-4-3-5-24(31-23)34-8-9-40-15-25(34)36)19-10-20-12-35(17(2)18-6-7-18)28(37)26(20)22(11-19)43(38,39)33-21-13-41-14-21/h3-5,10-11,17-18,21,33H,6-9,12-15H2,1-2H3,(H,30,31,32)/t17-/m0/s1. The van der Waals surface area contributed by atoms with E-state index in [1.54, 1.807) is 23.1 Å².